The first-order valence-corrected chi connectivity index (χ1v) is 6.40. The largest absolute Gasteiger partial charge is 0.370 e. The van der Waals surface area contributed by atoms with Crippen molar-refractivity contribution in [3.8, 4) is 0 Å². The van der Waals surface area contributed by atoms with Crippen LogP contribution in [0.1, 0.15) is 16.8 Å². The molecule has 0 aliphatic rings. The molecule has 1 aromatic carbocycles. The predicted molar refractivity (Wildman–Crippen MR) is 78.6 cm³/mol. The van der Waals surface area contributed by atoms with Gasteiger partial charge in [-0.3, -0.25) is 4.98 Å². The first-order valence-electron chi connectivity index (χ1n) is 6.40. The van der Waals surface area contributed by atoms with Crippen LogP contribution in [0.5, 0.6) is 0 Å². The van der Waals surface area contributed by atoms with Crippen molar-refractivity contribution >= 4 is 5.69 Å². The van der Waals surface area contributed by atoms with Gasteiger partial charge in [0, 0.05) is 30.5 Å². The molecule has 2 rings (SSSR count). The molecule has 4 nitrogen and oxygen atoms in total. The molecule has 0 aliphatic heterocycles. The van der Waals surface area contributed by atoms with Crippen LogP contribution in [0.2, 0.25) is 0 Å². The van der Waals surface area contributed by atoms with Crippen LogP contribution in [0.4, 0.5) is 5.69 Å². The molecule has 0 spiro atoms. The molecule has 0 bridgehead atoms. The van der Waals surface area contributed by atoms with Gasteiger partial charge in [-0.15, -0.1) is 0 Å². The smallest absolute Gasteiger partial charge is 0.0784 e. The average molecular weight is 256 g/mol. The van der Waals surface area contributed by atoms with Crippen molar-refractivity contribution in [1.29, 1.82) is 0 Å². The summed E-state index contributed by atoms with van der Waals surface area (Å²) < 4.78 is 0. The van der Waals surface area contributed by atoms with Crippen LogP contribution in [0, 0.1) is 6.92 Å². The van der Waals surface area contributed by atoms with E-state index in [0.29, 0.717) is 6.54 Å². The van der Waals surface area contributed by atoms with Crippen molar-refractivity contribution in [2.45, 2.75) is 26.1 Å². The summed E-state index contributed by atoms with van der Waals surface area (Å²) in [5.41, 5.74) is 15.9. The third kappa shape index (κ3) is 4.05. The third-order valence-corrected chi connectivity index (χ3v) is 2.97. The van der Waals surface area contributed by atoms with Gasteiger partial charge in [-0.2, -0.15) is 0 Å². The highest BCUT2D eigenvalue weighted by Crippen LogP contribution is 2.11. The number of benzene rings is 1. The Hall–Kier alpha value is -1.91. The Labute approximate surface area is 113 Å². The van der Waals surface area contributed by atoms with E-state index < -0.39 is 0 Å². The lowest BCUT2D eigenvalue weighted by molar-refractivity contribution is 0.750. The lowest BCUT2D eigenvalue weighted by atomic mass is 10.1. The van der Waals surface area contributed by atoms with E-state index in [0.717, 1.165) is 28.9 Å². The van der Waals surface area contributed by atoms with E-state index in [1.165, 1.54) is 0 Å². The fourth-order valence-electron chi connectivity index (χ4n) is 1.88. The lowest BCUT2D eigenvalue weighted by Gasteiger charge is -2.15. The Morgan fingerprint density at radius 1 is 1.11 bits per heavy atom. The van der Waals surface area contributed by atoms with Crippen molar-refractivity contribution < 1.29 is 0 Å². The molecule has 4 heteroatoms. The molecule has 100 valence electrons. The first kappa shape index (κ1) is 13.5. The minimum absolute atomic E-state index is 0.131. The monoisotopic (exact) mass is 256 g/mol. The Morgan fingerprint density at radius 2 is 1.79 bits per heavy atom. The van der Waals surface area contributed by atoms with Gasteiger partial charge in [0.1, 0.15) is 0 Å². The zero-order valence-electron chi connectivity index (χ0n) is 11.1. The third-order valence-electron chi connectivity index (χ3n) is 2.97. The molecule has 5 N–H and O–H groups in total. The number of nitrogens with two attached hydrogens (primary N) is 2. The number of rotatable bonds is 5. The molecule has 0 amide bonds. The van der Waals surface area contributed by atoms with Gasteiger partial charge >= 0.3 is 0 Å². The summed E-state index contributed by atoms with van der Waals surface area (Å²) in [6.45, 7) is 2.53. The van der Waals surface area contributed by atoms with Gasteiger partial charge in [-0.25, -0.2) is 0 Å². The second kappa shape index (κ2) is 6.31. The number of hydrogen-bond donors (Lipinski definition) is 3. The highest BCUT2D eigenvalue weighted by Gasteiger charge is 2.04. The van der Waals surface area contributed by atoms with E-state index in [1.54, 1.807) is 0 Å². The van der Waals surface area contributed by atoms with Crippen LogP contribution >= 0.6 is 0 Å². The molecule has 0 saturated carbocycles. The van der Waals surface area contributed by atoms with E-state index in [2.05, 4.69) is 16.4 Å². The number of aryl methyl sites for hydroxylation is 1. The first-order chi connectivity index (χ1) is 9.17. The summed E-state index contributed by atoms with van der Waals surface area (Å²) in [6.07, 6.45) is 2.48. The summed E-state index contributed by atoms with van der Waals surface area (Å²) in [5, 5.41) is 3.27. The summed E-state index contributed by atoms with van der Waals surface area (Å²) >= 11 is 0. The van der Waals surface area contributed by atoms with Gasteiger partial charge in [-0.1, -0.05) is 18.2 Å². The molecule has 0 fully saturated rings. The second-order valence-electron chi connectivity index (χ2n) is 4.66. The maximum absolute atomic E-state index is 6.08. The fourth-order valence-corrected chi connectivity index (χ4v) is 1.88. The van der Waals surface area contributed by atoms with Gasteiger partial charge in [-0.05, 0) is 36.2 Å². The lowest BCUT2D eigenvalue weighted by Crippen LogP contribution is -2.31. The quantitative estimate of drug-likeness (QED) is 0.713. The zero-order valence-corrected chi connectivity index (χ0v) is 11.1. The molecule has 0 saturated heterocycles. The molecular formula is C15H20N4. The Bertz CT molecular complexity index is 505. The topological polar surface area (TPSA) is 77.0 Å². The van der Waals surface area contributed by atoms with Crippen LogP contribution in [-0.2, 0) is 13.0 Å². The van der Waals surface area contributed by atoms with Crippen molar-refractivity contribution in [1.82, 2.24) is 4.98 Å². The Morgan fingerprint density at radius 3 is 2.37 bits per heavy atom. The van der Waals surface area contributed by atoms with Crippen molar-refractivity contribution in [3.63, 3.8) is 0 Å². The molecule has 1 unspecified atom stereocenters. The number of pyridine rings is 1. The van der Waals surface area contributed by atoms with Crippen LogP contribution in [0.15, 0.2) is 42.6 Å². The average Bonchev–Trinajstić information content (AvgIpc) is 2.42. The molecule has 0 aliphatic carbocycles. The molecule has 2 aromatic rings. The molecule has 1 aromatic heterocycles. The van der Waals surface area contributed by atoms with Gasteiger partial charge in [0.2, 0.25) is 0 Å². The number of nitrogens with one attached hydrogen (secondary N) is 1. The maximum Gasteiger partial charge on any atom is 0.0784 e. The summed E-state index contributed by atoms with van der Waals surface area (Å²) in [4.78, 5) is 4.26. The number of nitrogens with zero attached hydrogens (tertiary/aromatic N) is 1. The predicted octanol–water partition coefficient (Wildman–Crippen LogP) is 1.79. The fraction of sp³-hybridized carbons (Fsp3) is 0.267. The number of hydrogen-bond acceptors (Lipinski definition) is 4. The number of aromatic nitrogens is 1. The maximum atomic E-state index is 6.08. The van der Waals surface area contributed by atoms with Crippen LogP contribution < -0.4 is 16.8 Å². The van der Waals surface area contributed by atoms with Crippen molar-refractivity contribution in [2.24, 2.45) is 11.5 Å². The summed E-state index contributed by atoms with van der Waals surface area (Å²) in [5.74, 6) is 0. The van der Waals surface area contributed by atoms with Crippen molar-refractivity contribution in [3.05, 3.63) is 59.4 Å². The standard InChI is InChI=1S/C15H20N4/c1-11-2-3-13(10-18-11)8-15(17)19-14-6-4-12(9-16)5-7-14/h2-7,10,15,19H,8-9,16-17H2,1H3. The van der Waals surface area contributed by atoms with E-state index in [4.69, 9.17) is 11.5 Å². The minimum atomic E-state index is -0.131. The van der Waals surface area contributed by atoms with E-state index in [-0.39, 0.29) is 6.17 Å². The molecular weight excluding hydrogens is 236 g/mol. The highest BCUT2D eigenvalue weighted by molar-refractivity contribution is 5.45. The highest BCUT2D eigenvalue weighted by atomic mass is 15.0. The minimum Gasteiger partial charge on any atom is -0.370 e. The van der Waals surface area contributed by atoms with Crippen molar-refractivity contribution in [2.75, 3.05) is 5.32 Å². The second-order valence-corrected chi connectivity index (χ2v) is 4.66. The Kier molecular flexibility index (Phi) is 4.49. The normalized spacial score (nSPS) is 12.2. The van der Waals surface area contributed by atoms with E-state index in [9.17, 15) is 0 Å². The zero-order chi connectivity index (χ0) is 13.7. The summed E-state index contributed by atoms with van der Waals surface area (Å²) in [6, 6.07) is 12.1. The molecule has 0 radical (unpaired) electrons. The molecule has 19 heavy (non-hydrogen) atoms. The van der Waals surface area contributed by atoms with Gasteiger partial charge in [0.05, 0.1) is 6.17 Å². The van der Waals surface area contributed by atoms with Crippen LogP contribution in [-0.4, -0.2) is 11.1 Å². The van der Waals surface area contributed by atoms with E-state index >= 15 is 0 Å². The van der Waals surface area contributed by atoms with Gasteiger partial charge in [0.15, 0.2) is 0 Å². The number of anilines is 1. The van der Waals surface area contributed by atoms with Gasteiger partial charge < -0.3 is 16.8 Å². The van der Waals surface area contributed by atoms with Crippen LogP contribution in [0.3, 0.4) is 0 Å². The molecule has 1 atom stereocenters. The van der Waals surface area contributed by atoms with Crippen LogP contribution in [0.25, 0.3) is 0 Å². The summed E-state index contributed by atoms with van der Waals surface area (Å²) in [7, 11) is 0. The SMILES string of the molecule is Cc1ccc(CC(N)Nc2ccc(CN)cc2)cn1. The van der Waals surface area contributed by atoms with E-state index in [1.807, 2.05) is 43.5 Å². The Balaban J connectivity index is 1.92. The molecule has 1 heterocycles. The van der Waals surface area contributed by atoms with Gasteiger partial charge in [0.25, 0.3) is 0 Å².